The highest BCUT2D eigenvalue weighted by atomic mass is 32.2. The number of rotatable bonds is 6. The Bertz CT molecular complexity index is 823. The molecule has 0 spiro atoms. The fourth-order valence-electron chi connectivity index (χ4n) is 2.19. The molecule has 0 amide bonds. The average molecular weight is 342 g/mol. The molecule has 1 unspecified atom stereocenters. The maximum Gasteiger partial charge on any atom is 0.191 e. The zero-order valence-electron chi connectivity index (χ0n) is 12.9. The molecule has 0 aliphatic rings. The molecule has 1 atom stereocenters. The Morgan fingerprint density at radius 3 is 2.46 bits per heavy atom. The van der Waals surface area contributed by atoms with Crippen LogP contribution < -0.4 is 16.2 Å². The van der Waals surface area contributed by atoms with Gasteiger partial charge in [-0.05, 0) is 22.9 Å². The number of nitrogens with two attached hydrogens (primary N) is 2. The lowest BCUT2D eigenvalue weighted by Crippen LogP contribution is -2.20. The first-order valence-electron chi connectivity index (χ1n) is 7.42. The zero-order valence-corrected chi connectivity index (χ0v) is 13.7. The quantitative estimate of drug-likeness (QED) is 0.466. The number of aromatic nitrogens is 2. The molecule has 24 heavy (non-hydrogen) atoms. The predicted octanol–water partition coefficient (Wildman–Crippen LogP) is 2.33. The molecule has 5 N–H and O–H groups in total. The number of fused-ring (bicyclic) bond motifs is 1. The Labute approximate surface area is 143 Å². The fraction of sp³-hybridized carbons (Fsp3) is 0.176. The first kappa shape index (κ1) is 16.4. The molecule has 6 nitrogen and oxygen atoms in total. The van der Waals surface area contributed by atoms with E-state index in [1.165, 1.54) is 17.8 Å². The number of nitrogen functional groups attached to an aromatic ring is 2. The molecule has 3 aromatic rings. The second-order valence-electron chi connectivity index (χ2n) is 5.29. The number of nitrogens with zero attached hydrogens (tertiary/aromatic N) is 2. The van der Waals surface area contributed by atoms with E-state index in [0.29, 0.717) is 22.5 Å². The van der Waals surface area contributed by atoms with Crippen LogP contribution in [0.4, 0.5) is 11.6 Å². The predicted molar refractivity (Wildman–Crippen MR) is 97.0 cm³/mol. The van der Waals surface area contributed by atoms with Crippen molar-refractivity contribution in [3.05, 3.63) is 48.5 Å². The van der Waals surface area contributed by atoms with Crippen molar-refractivity contribution < 1.29 is 9.84 Å². The van der Waals surface area contributed by atoms with E-state index < -0.39 is 6.10 Å². The third-order valence-corrected chi connectivity index (χ3v) is 4.31. The molecule has 124 valence electrons. The first-order chi connectivity index (χ1) is 11.6. The van der Waals surface area contributed by atoms with Crippen LogP contribution in [0.1, 0.15) is 0 Å². The third kappa shape index (κ3) is 4.27. The number of thioether (sulfide) groups is 1. The molecule has 7 heteroatoms. The topological polar surface area (TPSA) is 107 Å². The summed E-state index contributed by atoms with van der Waals surface area (Å²) in [6, 6.07) is 15.4. The van der Waals surface area contributed by atoms with Crippen LogP contribution in [0.2, 0.25) is 0 Å². The second-order valence-corrected chi connectivity index (χ2v) is 6.27. The highest BCUT2D eigenvalue weighted by Crippen LogP contribution is 2.21. The number of ether oxygens (including phenoxy) is 1. The van der Waals surface area contributed by atoms with E-state index in [9.17, 15) is 5.11 Å². The van der Waals surface area contributed by atoms with Crippen LogP contribution in [0, 0.1) is 0 Å². The Morgan fingerprint density at radius 1 is 1.00 bits per heavy atom. The summed E-state index contributed by atoms with van der Waals surface area (Å²) in [5, 5.41) is 12.8. The van der Waals surface area contributed by atoms with Gasteiger partial charge in [-0.25, -0.2) is 9.97 Å². The van der Waals surface area contributed by atoms with Crippen LogP contribution in [-0.4, -0.2) is 33.5 Å². The van der Waals surface area contributed by atoms with Gasteiger partial charge in [0.25, 0.3) is 0 Å². The van der Waals surface area contributed by atoms with Crippen LogP contribution in [0.5, 0.6) is 5.75 Å². The summed E-state index contributed by atoms with van der Waals surface area (Å²) in [5.74, 6) is 1.73. The number of aliphatic hydroxyl groups is 1. The summed E-state index contributed by atoms with van der Waals surface area (Å²) in [5.41, 5.74) is 11.2. The Balaban J connectivity index is 1.53. The number of anilines is 2. The van der Waals surface area contributed by atoms with Crippen molar-refractivity contribution in [2.75, 3.05) is 23.8 Å². The molecule has 0 aliphatic carbocycles. The molecule has 0 aliphatic heterocycles. The van der Waals surface area contributed by atoms with Crippen molar-refractivity contribution >= 4 is 34.2 Å². The maximum atomic E-state index is 10.1. The number of aliphatic hydroxyl groups excluding tert-OH is 1. The van der Waals surface area contributed by atoms with Gasteiger partial charge in [0.15, 0.2) is 5.16 Å². The molecule has 1 heterocycles. The van der Waals surface area contributed by atoms with Gasteiger partial charge in [0, 0.05) is 11.8 Å². The minimum Gasteiger partial charge on any atom is -0.491 e. The van der Waals surface area contributed by atoms with Crippen molar-refractivity contribution in [2.24, 2.45) is 0 Å². The minimum absolute atomic E-state index is 0.184. The normalized spacial score (nSPS) is 12.2. The second kappa shape index (κ2) is 7.37. The Morgan fingerprint density at radius 2 is 1.71 bits per heavy atom. The number of hydrogen-bond donors (Lipinski definition) is 3. The smallest absolute Gasteiger partial charge is 0.191 e. The van der Waals surface area contributed by atoms with Gasteiger partial charge in [-0.3, -0.25) is 0 Å². The van der Waals surface area contributed by atoms with Gasteiger partial charge >= 0.3 is 0 Å². The molecule has 1 aromatic heterocycles. The van der Waals surface area contributed by atoms with Crippen molar-refractivity contribution in [2.45, 2.75) is 11.3 Å². The Hall–Kier alpha value is -2.51. The summed E-state index contributed by atoms with van der Waals surface area (Å²) in [6.07, 6.45) is -0.660. The van der Waals surface area contributed by atoms with Gasteiger partial charge in [0.05, 0.1) is 6.10 Å². The highest BCUT2D eigenvalue weighted by Gasteiger charge is 2.09. The molecule has 0 saturated heterocycles. The molecule has 2 aromatic carbocycles. The van der Waals surface area contributed by atoms with Crippen LogP contribution in [-0.2, 0) is 0 Å². The summed E-state index contributed by atoms with van der Waals surface area (Å²) in [7, 11) is 0. The van der Waals surface area contributed by atoms with E-state index >= 15 is 0 Å². The van der Waals surface area contributed by atoms with Gasteiger partial charge in [-0.1, -0.05) is 42.1 Å². The molecular formula is C17H18N4O2S. The Kier molecular flexibility index (Phi) is 5.02. The molecular weight excluding hydrogens is 324 g/mol. The molecule has 3 rings (SSSR count). The van der Waals surface area contributed by atoms with Crippen LogP contribution in [0.15, 0.2) is 53.7 Å². The van der Waals surface area contributed by atoms with Gasteiger partial charge in [0.2, 0.25) is 0 Å². The standard InChI is InChI=1S/C17H18N4O2S/c18-15-8-16(19)21-17(20-15)24-10-13(22)9-23-14-6-5-11-3-1-2-4-12(11)7-14/h1-8,13,22H,9-10H2,(H4,18,19,20,21). The first-order valence-corrected chi connectivity index (χ1v) is 8.41. The highest BCUT2D eigenvalue weighted by molar-refractivity contribution is 7.99. The van der Waals surface area contributed by atoms with E-state index in [-0.39, 0.29) is 6.61 Å². The van der Waals surface area contributed by atoms with Gasteiger partial charge < -0.3 is 21.3 Å². The van der Waals surface area contributed by atoms with E-state index in [0.717, 1.165) is 16.5 Å². The summed E-state index contributed by atoms with van der Waals surface area (Å²) in [6.45, 7) is 0.184. The molecule has 0 radical (unpaired) electrons. The van der Waals surface area contributed by atoms with Crippen molar-refractivity contribution in [1.29, 1.82) is 0 Å². The molecule has 0 fully saturated rings. The minimum atomic E-state index is -0.660. The van der Waals surface area contributed by atoms with Gasteiger partial charge in [0.1, 0.15) is 24.0 Å². The van der Waals surface area contributed by atoms with E-state index in [1.807, 2.05) is 42.5 Å². The third-order valence-electron chi connectivity index (χ3n) is 3.31. The SMILES string of the molecule is Nc1cc(N)nc(SCC(O)COc2ccc3ccccc3c2)n1. The van der Waals surface area contributed by atoms with Gasteiger partial charge in [-0.15, -0.1) is 0 Å². The lowest BCUT2D eigenvalue weighted by molar-refractivity contribution is 0.126. The number of hydrogen-bond acceptors (Lipinski definition) is 7. The maximum absolute atomic E-state index is 10.1. The number of benzene rings is 2. The zero-order chi connectivity index (χ0) is 16.9. The van der Waals surface area contributed by atoms with Crippen molar-refractivity contribution in [3.8, 4) is 5.75 Å². The lowest BCUT2D eigenvalue weighted by atomic mass is 10.1. The molecule has 0 saturated carbocycles. The van der Waals surface area contributed by atoms with Crippen molar-refractivity contribution in [3.63, 3.8) is 0 Å². The van der Waals surface area contributed by atoms with Crippen LogP contribution in [0.25, 0.3) is 10.8 Å². The van der Waals surface area contributed by atoms with E-state index in [1.54, 1.807) is 0 Å². The van der Waals surface area contributed by atoms with Crippen LogP contribution in [0.3, 0.4) is 0 Å². The monoisotopic (exact) mass is 342 g/mol. The van der Waals surface area contributed by atoms with Crippen molar-refractivity contribution in [1.82, 2.24) is 9.97 Å². The lowest BCUT2D eigenvalue weighted by Gasteiger charge is -2.12. The van der Waals surface area contributed by atoms with Crippen LogP contribution >= 0.6 is 11.8 Å². The molecule has 0 bridgehead atoms. The van der Waals surface area contributed by atoms with Gasteiger partial charge in [-0.2, -0.15) is 0 Å². The van der Waals surface area contributed by atoms with E-state index in [2.05, 4.69) is 9.97 Å². The summed E-state index contributed by atoms with van der Waals surface area (Å²) < 4.78 is 5.66. The summed E-state index contributed by atoms with van der Waals surface area (Å²) in [4.78, 5) is 8.11. The fourth-order valence-corrected chi connectivity index (χ4v) is 2.97. The average Bonchev–Trinajstić information content (AvgIpc) is 2.57. The summed E-state index contributed by atoms with van der Waals surface area (Å²) >= 11 is 1.28. The van der Waals surface area contributed by atoms with E-state index in [4.69, 9.17) is 16.2 Å². The largest absolute Gasteiger partial charge is 0.491 e.